The predicted octanol–water partition coefficient (Wildman–Crippen LogP) is 2.66. The van der Waals surface area contributed by atoms with Crippen LogP contribution in [0.1, 0.15) is 78.1 Å². The maximum absolute atomic E-state index is 12.5. The van der Waals surface area contributed by atoms with Crippen LogP contribution in [0.25, 0.3) is 0 Å². The molecule has 2 rings (SSSR count). The topological polar surface area (TPSA) is 105 Å². The van der Waals surface area contributed by atoms with Crippen molar-refractivity contribution in [3.63, 3.8) is 0 Å². The van der Waals surface area contributed by atoms with Crippen LogP contribution < -0.4 is 10.6 Å². The van der Waals surface area contributed by atoms with Crippen LogP contribution >= 0.6 is 0 Å². The molecule has 5 atom stereocenters. The largest absolute Gasteiger partial charge is 0.389 e. The Hall–Kier alpha value is -1.73. The molecule has 31 heavy (non-hydrogen) atoms. The number of carbonyl (C=O) groups excluding carboxylic acids is 3. The lowest BCUT2D eigenvalue weighted by Crippen LogP contribution is -2.47. The second-order valence-corrected chi connectivity index (χ2v) is 8.91. The Bertz CT molecular complexity index is 621. The summed E-state index contributed by atoms with van der Waals surface area (Å²) in [6.07, 6.45) is 13.1. The van der Waals surface area contributed by atoms with Gasteiger partial charge in [-0.15, -0.1) is 0 Å². The molecule has 7 nitrogen and oxygen atoms in total. The van der Waals surface area contributed by atoms with Gasteiger partial charge < -0.3 is 20.5 Å². The normalized spacial score (nSPS) is 25.6. The van der Waals surface area contributed by atoms with E-state index >= 15 is 0 Å². The molecule has 2 bridgehead atoms. The van der Waals surface area contributed by atoms with Gasteiger partial charge in [0.2, 0.25) is 11.8 Å². The van der Waals surface area contributed by atoms with Crippen LogP contribution in [0.4, 0.5) is 0 Å². The first-order valence-corrected chi connectivity index (χ1v) is 12.0. The Labute approximate surface area is 186 Å². The standard InChI is InChI=1S/C24H40N2O5/c1-3-4-7-12-23(29)26-17(2)24(30)25-15-20-19(21-13-14-22(20)31-21)11-9-6-5-8-10-18(28)16-27/h6,9,17,19-22,27H,3-5,7-8,10-16H2,1-2H3,(H,25,30)(H,26,29)/t17?,19-,20+,21-,22+/m0/s1. The monoisotopic (exact) mass is 436 g/mol. The Balaban J connectivity index is 1.73. The molecule has 0 aromatic carbocycles. The van der Waals surface area contributed by atoms with Crippen molar-refractivity contribution in [2.24, 2.45) is 11.8 Å². The number of ether oxygens (including phenoxy) is 1. The van der Waals surface area contributed by atoms with Gasteiger partial charge in [-0.1, -0.05) is 31.9 Å². The fraction of sp³-hybridized carbons (Fsp3) is 0.792. The van der Waals surface area contributed by atoms with Crippen molar-refractivity contribution in [3.05, 3.63) is 12.2 Å². The highest BCUT2D eigenvalue weighted by molar-refractivity contribution is 5.87. The number of carbonyl (C=O) groups is 3. The van der Waals surface area contributed by atoms with Crippen molar-refractivity contribution in [1.29, 1.82) is 0 Å². The van der Waals surface area contributed by atoms with Crippen molar-refractivity contribution in [3.8, 4) is 0 Å². The Morgan fingerprint density at radius 2 is 1.81 bits per heavy atom. The minimum absolute atomic E-state index is 0.0666. The second kappa shape index (κ2) is 13.6. The molecule has 2 saturated heterocycles. The van der Waals surface area contributed by atoms with E-state index < -0.39 is 6.04 Å². The van der Waals surface area contributed by atoms with Gasteiger partial charge in [-0.25, -0.2) is 0 Å². The zero-order valence-corrected chi connectivity index (χ0v) is 19.1. The number of amides is 2. The molecule has 0 saturated carbocycles. The lowest BCUT2D eigenvalue weighted by molar-refractivity contribution is -0.128. The Morgan fingerprint density at radius 3 is 2.52 bits per heavy atom. The van der Waals surface area contributed by atoms with Gasteiger partial charge in [0, 0.05) is 25.3 Å². The SMILES string of the molecule is CCCCCC(=O)NC(C)C(=O)NC[C@@H]1[C@H](CC=CCCCC(=O)CO)[C@@H]2CC[C@H]1O2. The number of aliphatic hydroxyl groups excluding tert-OH is 1. The van der Waals surface area contributed by atoms with Crippen molar-refractivity contribution in [2.45, 2.75) is 96.3 Å². The molecule has 0 spiro atoms. The molecule has 2 heterocycles. The number of allylic oxidation sites excluding steroid dienone is 2. The zero-order chi connectivity index (χ0) is 22.6. The molecule has 0 aliphatic carbocycles. The van der Waals surface area contributed by atoms with Crippen molar-refractivity contribution in [2.75, 3.05) is 13.2 Å². The first kappa shape index (κ1) is 25.5. The quantitative estimate of drug-likeness (QED) is 0.270. The molecule has 0 radical (unpaired) electrons. The van der Waals surface area contributed by atoms with E-state index in [1.165, 1.54) is 0 Å². The molecule has 0 aromatic rings. The third-order valence-corrected chi connectivity index (χ3v) is 6.46. The third kappa shape index (κ3) is 8.37. The number of fused-ring (bicyclic) bond motifs is 2. The smallest absolute Gasteiger partial charge is 0.242 e. The number of hydrogen-bond donors (Lipinski definition) is 3. The average molecular weight is 437 g/mol. The van der Waals surface area contributed by atoms with E-state index in [1.54, 1.807) is 6.92 Å². The van der Waals surface area contributed by atoms with E-state index in [4.69, 9.17) is 9.84 Å². The Kier molecular flexibility index (Phi) is 11.2. The highest BCUT2D eigenvalue weighted by Crippen LogP contribution is 2.44. The summed E-state index contributed by atoms with van der Waals surface area (Å²) >= 11 is 0. The number of aliphatic hydroxyl groups is 1. The van der Waals surface area contributed by atoms with Crippen LogP contribution in [0.15, 0.2) is 12.2 Å². The van der Waals surface area contributed by atoms with E-state index in [1.807, 2.05) is 0 Å². The molecule has 0 aromatic heterocycles. The number of hydrogen-bond acceptors (Lipinski definition) is 5. The summed E-state index contributed by atoms with van der Waals surface area (Å²) in [5, 5.41) is 14.6. The predicted molar refractivity (Wildman–Crippen MR) is 119 cm³/mol. The molecule has 7 heteroatoms. The second-order valence-electron chi connectivity index (χ2n) is 8.91. The van der Waals surface area contributed by atoms with Gasteiger partial charge in [-0.05, 0) is 51.4 Å². The summed E-state index contributed by atoms with van der Waals surface area (Å²) in [7, 11) is 0. The number of ketones is 1. The van der Waals surface area contributed by atoms with Gasteiger partial charge in [0.25, 0.3) is 0 Å². The molecule has 176 valence electrons. The van der Waals surface area contributed by atoms with E-state index in [2.05, 4.69) is 29.7 Å². The number of unbranched alkanes of at least 4 members (excludes halogenated alkanes) is 3. The molecule has 2 amide bonds. The van der Waals surface area contributed by atoms with Gasteiger partial charge in [-0.2, -0.15) is 0 Å². The van der Waals surface area contributed by atoms with Gasteiger partial charge in [0.1, 0.15) is 12.6 Å². The van der Waals surface area contributed by atoms with Crippen LogP contribution in [-0.2, 0) is 19.1 Å². The van der Waals surface area contributed by atoms with Gasteiger partial charge in [-0.3, -0.25) is 14.4 Å². The van der Waals surface area contributed by atoms with Gasteiger partial charge in [0.15, 0.2) is 5.78 Å². The number of nitrogens with one attached hydrogen (secondary N) is 2. The van der Waals surface area contributed by atoms with Gasteiger partial charge >= 0.3 is 0 Å². The summed E-state index contributed by atoms with van der Waals surface area (Å²) in [6.45, 7) is 4.02. The van der Waals surface area contributed by atoms with Crippen LogP contribution in [0.5, 0.6) is 0 Å². The average Bonchev–Trinajstić information content (AvgIpc) is 3.36. The maximum atomic E-state index is 12.5. The number of Topliss-reactive ketones (excluding diaryl/α,β-unsaturated/α-hetero) is 1. The summed E-state index contributed by atoms with van der Waals surface area (Å²) in [6, 6.07) is -0.534. The molecular formula is C24H40N2O5. The molecular weight excluding hydrogens is 396 g/mol. The fourth-order valence-corrected chi connectivity index (χ4v) is 4.63. The molecule has 1 unspecified atom stereocenters. The highest BCUT2D eigenvalue weighted by Gasteiger charge is 2.48. The lowest BCUT2D eigenvalue weighted by atomic mass is 9.77. The summed E-state index contributed by atoms with van der Waals surface area (Å²) in [5.74, 6) is 0.346. The highest BCUT2D eigenvalue weighted by atomic mass is 16.5. The van der Waals surface area contributed by atoms with E-state index in [0.717, 1.165) is 51.4 Å². The van der Waals surface area contributed by atoms with Crippen molar-refractivity contribution < 1.29 is 24.2 Å². The van der Waals surface area contributed by atoms with Crippen molar-refractivity contribution >= 4 is 17.6 Å². The number of rotatable bonds is 15. The first-order valence-electron chi connectivity index (χ1n) is 12.0. The Morgan fingerprint density at radius 1 is 1.06 bits per heavy atom. The molecule has 3 N–H and O–H groups in total. The minimum Gasteiger partial charge on any atom is -0.389 e. The molecule has 2 fully saturated rings. The summed E-state index contributed by atoms with van der Waals surface area (Å²) in [5.41, 5.74) is 0. The zero-order valence-electron chi connectivity index (χ0n) is 19.1. The fourth-order valence-electron chi connectivity index (χ4n) is 4.63. The lowest BCUT2D eigenvalue weighted by Gasteiger charge is -2.28. The molecule has 2 aliphatic heterocycles. The van der Waals surface area contributed by atoms with E-state index in [9.17, 15) is 14.4 Å². The van der Waals surface area contributed by atoms with Crippen LogP contribution in [0, 0.1) is 11.8 Å². The van der Waals surface area contributed by atoms with Gasteiger partial charge in [0.05, 0.1) is 12.2 Å². The minimum atomic E-state index is -0.534. The summed E-state index contributed by atoms with van der Waals surface area (Å²) < 4.78 is 6.11. The maximum Gasteiger partial charge on any atom is 0.242 e. The summed E-state index contributed by atoms with van der Waals surface area (Å²) in [4.78, 5) is 35.5. The first-order chi connectivity index (χ1) is 15.0. The van der Waals surface area contributed by atoms with Crippen LogP contribution in [0.2, 0.25) is 0 Å². The molecule has 2 aliphatic rings. The van der Waals surface area contributed by atoms with Crippen molar-refractivity contribution in [1.82, 2.24) is 10.6 Å². The van der Waals surface area contributed by atoms with E-state index in [-0.39, 0.29) is 42.3 Å². The third-order valence-electron chi connectivity index (χ3n) is 6.46. The van der Waals surface area contributed by atoms with Crippen LogP contribution in [0.3, 0.4) is 0 Å². The van der Waals surface area contributed by atoms with Crippen LogP contribution in [-0.4, -0.2) is 54.1 Å². The van der Waals surface area contributed by atoms with E-state index in [0.29, 0.717) is 25.3 Å².